The van der Waals surface area contributed by atoms with E-state index in [0.717, 1.165) is 16.5 Å². The van der Waals surface area contributed by atoms with Gasteiger partial charge in [-0.3, -0.25) is 0 Å². The maximum Gasteiger partial charge on any atom is 0.319 e. The van der Waals surface area contributed by atoms with Crippen molar-refractivity contribution in [3.8, 4) is 6.01 Å². The second-order valence-electron chi connectivity index (χ2n) is 2.91. The number of halogens is 1. The molecule has 0 spiro atoms. The number of alkyl halides is 1. The summed E-state index contributed by atoms with van der Waals surface area (Å²) < 4.78 is 16.4. The molecule has 4 heteroatoms. The molecule has 0 aliphatic rings. The first-order valence-electron chi connectivity index (χ1n) is 4.22. The molecule has 0 amide bonds. The Hall–Kier alpha value is -1.71. The second-order valence-corrected chi connectivity index (χ2v) is 2.91. The minimum Gasteiger partial charge on any atom is -0.431 e. The van der Waals surface area contributed by atoms with Crippen LogP contribution < -0.4 is 4.74 Å². The monoisotopic (exact) mass is 192 g/mol. The lowest BCUT2D eigenvalue weighted by atomic mass is 10.1. The van der Waals surface area contributed by atoms with E-state index in [-0.39, 0.29) is 6.01 Å². The van der Waals surface area contributed by atoms with Crippen LogP contribution in [0.25, 0.3) is 10.9 Å². The normalized spacial score (nSPS) is 10.4. The van der Waals surface area contributed by atoms with E-state index in [1.807, 2.05) is 25.1 Å². The molecule has 0 saturated heterocycles. The summed E-state index contributed by atoms with van der Waals surface area (Å²) in [5.41, 5.74) is 1.86. The van der Waals surface area contributed by atoms with Crippen LogP contribution in [-0.4, -0.2) is 16.8 Å². The van der Waals surface area contributed by atoms with Gasteiger partial charge in [0.05, 0.1) is 5.52 Å². The predicted molar refractivity (Wildman–Crippen MR) is 50.9 cm³/mol. The van der Waals surface area contributed by atoms with Gasteiger partial charge < -0.3 is 4.74 Å². The SMILES string of the molecule is Cc1cccc2nc(OCF)ncc12. The molecule has 0 aliphatic carbocycles. The molecular formula is C10H9FN2O. The van der Waals surface area contributed by atoms with Crippen LogP contribution in [0, 0.1) is 6.92 Å². The number of benzene rings is 1. The Morgan fingerprint density at radius 1 is 1.43 bits per heavy atom. The van der Waals surface area contributed by atoms with Crippen LogP contribution in [-0.2, 0) is 0 Å². The van der Waals surface area contributed by atoms with Crippen LogP contribution in [0.15, 0.2) is 24.4 Å². The molecule has 1 aromatic heterocycles. The van der Waals surface area contributed by atoms with Crippen molar-refractivity contribution in [2.24, 2.45) is 0 Å². The van der Waals surface area contributed by atoms with Gasteiger partial charge in [0.2, 0.25) is 6.86 Å². The van der Waals surface area contributed by atoms with E-state index >= 15 is 0 Å². The van der Waals surface area contributed by atoms with E-state index in [4.69, 9.17) is 0 Å². The molecule has 14 heavy (non-hydrogen) atoms. The first-order chi connectivity index (χ1) is 6.81. The highest BCUT2D eigenvalue weighted by atomic mass is 19.1. The standard InChI is InChI=1S/C10H9FN2O/c1-7-3-2-4-9-8(7)5-12-10(13-9)14-6-11/h2-5H,6H2,1H3. The van der Waals surface area contributed by atoms with Crippen LogP contribution in [0.5, 0.6) is 6.01 Å². The van der Waals surface area contributed by atoms with E-state index in [1.54, 1.807) is 6.20 Å². The number of nitrogens with zero attached hydrogens (tertiary/aromatic N) is 2. The number of hydrogen-bond donors (Lipinski definition) is 0. The van der Waals surface area contributed by atoms with Crippen molar-refractivity contribution < 1.29 is 9.13 Å². The van der Waals surface area contributed by atoms with Crippen molar-refractivity contribution in [3.63, 3.8) is 0 Å². The molecule has 0 saturated carbocycles. The van der Waals surface area contributed by atoms with Crippen molar-refractivity contribution in [2.45, 2.75) is 6.92 Å². The molecule has 0 bridgehead atoms. The average Bonchev–Trinajstić information content (AvgIpc) is 2.18. The summed E-state index contributed by atoms with van der Waals surface area (Å²) in [5, 5.41) is 0.957. The highest BCUT2D eigenvalue weighted by Gasteiger charge is 2.01. The summed E-state index contributed by atoms with van der Waals surface area (Å²) in [6, 6.07) is 5.78. The number of ether oxygens (including phenoxy) is 1. The summed E-state index contributed by atoms with van der Waals surface area (Å²) in [6.07, 6.45) is 1.64. The summed E-state index contributed by atoms with van der Waals surface area (Å²) >= 11 is 0. The van der Waals surface area contributed by atoms with E-state index in [9.17, 15) is 4.39 Å². The highest BCUT2D eigenvalue weighted by molar-refractivity contribution is 5.81. The number of hydrogen-bond acceptors (Lipinski definition) is 3. The van der Waals surface area contributed by atoms with Crippen LogP contribution in [0.2, 0.25) is 0 Å². The van der Waals surface area contributed by atoms with Crippen molar-refractivity contribution in [1.29, 1.82) is 0 Å². The summed E-state index contributed by atoms with van der Waals surface area (Å²) in [7, 11) is 0. The van der Waals surface area contributed by atoms with Gasteiger partial charge in [0, 0.05) is 11.6 Å². The quantitative estimate of drug-likeness (QED) is 0.731. The van der Waals surface area contributed by atoms with Crippen molar-refractivity contribution in [3.05, 3.63) is 30.0 Å². The van der Waals surface area contributed by atoms with Crippen molar-refractivity contribution >= 4 is 10.9 Å². The zero-order chi connectivity index (χ0) is 9.97. The third kappa shape index (κ3) is 1.51. The fraction of sp³-hybridized carbons (Fsp3) is 0.200. The van der Waals surface area contributed by atoms with Crippen molar-refractivity contribution in [2.75, 3.05) is 6.86 Å². The molecule has 0 atom stereocenters. The predicted octanol–water partition coefficient (Wildman–Crippen LogP) is 2.24. The molecule has 2 rings (SSSR count). The minimum absolute atomic E-state index is 0.0746. The molecule has 2 aromatic rings. The van der Waals surface area contributed by atoms with E-state index < -0.39 is 6.86 Å². The summed E-state index contributed by atoms with van der Waals surface area (Å²) in [6.45, 7) is 1.07. The van der Waals surface area contributed by atoms with Crippen LogP contribution in [0.1, 0.15) is 5.56 Å². The molecule has 0 radical (unpaired) electrons. The molecule has 0 unspecified atom stereocenters. The van der Waals surface area contributed by atoms with Gasteiger partial charge >= 0.3 is 6.01 Å². The van der Waals surface area contributed by atoms with E-state index in [2.05, 4.69) is 14.7 Å². The Morgan fingerprint density at radius 3 is 3.07 bits per heavy atom. The van der Waals surface area contributed by atoms with E-state index in [1.165, 1.54) is 0 Å². The van der Waals surface area contributed by atoms with Crippen LogP contribution >= 0.6 is 0 Å². The lowest BCUT2D eigenvalue weighted by Gasteiger charge is -2.02. The Labute approximate surface area is 80.6 Å². The summed E-state index contributed by atoms with van der Waals surface area (Å²) in [5.74, 6) is 0. The number of fused-ring (bicyclic) bond motifs is 1. The molecule has 3 nitrogen and oxygen atoms in total. The Balaban J connectivity index is 2.56. The Bertz CT molecular complexity index is 459. The third-order valence-electron chi connectivity index (χ3n) is 2.00. The van der Waals surface area contributed by atoms with Gasteiger partial charge in [-0.05, 0) is 18.6 Å². The molecule has 1 aromatic carbocycles. The fourth-order valence-electron chi connectivity index (χ4n) is 1.30. The first-order valence-corrected chi connectivity index (χ1v) is 4.22. The Morgan fingerprint density at radius 2 is 2.29 bits per heavy atom. The first kappa shape index (κ1) is 8.87. The van der Waals surface area contributed by atoms with Crippen LogP contribution in [0.4, 0.5) is 4.39 Å². The van der Waals surface area contributed by atoms with Gasteiger partial charge in [0.15, 0.2) is 0 Å². The topological polar surface area (TPSA) is 35.0 Å². The zero-order valence-electron chi connectivity index (χ0n) is 7.70. The van der Waals surface area contributed by atoms with Gasteiger partial charge in [-0.25, -0.2) is 9.37 Å². The molecule has 0 N–H and O–H groups in total. The van der Waals surface area contributed by atoms with Crippen molar-refractivity contribution in [1.82, 2.24) is 9.97 Å². The zero-order valence-corrected chi connectivity index (χ0v) is 7.70. The van der Waals surface area contributed by atoms with Gasteiger partial charge in [0.25, 0.3) is 0 Å². The minimum atomic E-state index is -0.905. The average molecular weight is 192 g/mol. The smallest absolute Gasteiger partial charge is 0.319 e. The third-order valence-corrected chi connectivity index (χ3v) is 2.00. The van der Waals surface area contributed by atoms with Crippen LogP contribution in [0.3, 0.4) is 0 Å². The van der Waals surface area contributed by atoms with Gasteiger partial charge in [0.1, 0.15) is 0 Å². The lowest BCUT2D eigenvalue weighted by molar-refractivity contribution is 0.178. The van der Waals surface area contributed by atoms with Gasteiger partial charge in [-0.1, -0.05) is 12.1 Å². The van der Waals surface area contributed by atoms with Gasteiger partial charge in [-0.15, -0.1) is 0 Å². The number of rotatable bonds is 2. The largest absolute Gasteiger partial charge is 0.431 e. The highest BCUT2D eigenvalue weighted by Crippen LogP contribution is 2.17. The molecular weight excluding hydrogens is 183 g/mol. The second kappa shape index (κ2) is 3.57. The molecule has 1 heterocycles. The summed E-state index contributed by atoms with van der Waals surface area (Å²) in [4.78, 5) is 7.94. The molecule has 72 valence electrons. The maximum absolute atomic E-state index is 11.9. The number of aromatic nitrogens is 2. The van der Waals surface area contributed by atoms with Gasteiger partial charge in [-0.2, -0.15) is 4.98 Å². The van der Waals surface area contributed by atoms with E-state index in [0.29, 0.717) is 0 Å². The Kier molecular flexibility index (Phi) is 2.26. The number of aryl methyl sites for hydroxylation is 1. The molecule has 0 fully saturated rings. The fourth-order valence-corrected chi connectivity index (χ4v) is 1.30. The maximum atomic E-state index is 11.9. The lowest BCUT2D eigenvalue weighted by Crippen LogP contribution is -1.96. The molecule has 0 aliphatic heterocycles.